The Balaban J connectivity index is 2.24. The second-order valence-electron chi connectivity index (χ2n) is 13.7. The average Bonchev–Trinajstić information content (AvgIpc) is 2.90. The topological polar surface area (TPSA) is 71.1 Å². The molecule has 0 saturated heterocycles. The largest absolute Gasteiger partial charge is 0.488 e. The van der Waals surface area contributed by atoms with Crippen molar-refractivity contribution in [3.05, 3.63) is 103 Å². The summed E-state index contributed by atoms with van der Waals surface area (Å²) in [5.74, 6) is -1.26. The van der Waals surface area contributed by atoms with Crippen LogP contribution < -0.4 is 14.2 Å². The molecule has 0 atom stereocenters. The van der Waals surface area contributed by atoms with Gasteiger partial charge in [-0.05, 0) is 109 Å². The van der Waals surface area contributed by atoms with Crippen molar-refractivity contribution in [1.29, 1.82) is 0 Å². The predicted octanol–water partition coefficient (Wildman–Crippen LogP) is 10.1. The number of ether oxygens (including phenoxy) is 3. The third-order valence-electron chi connectivity index (χ3n) is 6.04. The predicted molar refractivity (Wildman–Crippen MR) is 177 cm³/mol. The number of rotatable bonds is 9. The Bertz CT molecular complexity index is 1700. The van der Waals surface area contributed by atoms with Gasteiger partial charge in [-0.2, -0.15) is 8.42 Å². The zero-order valence-corrected chi connectivity index (χ0v) is 29.3. The molecule has 6 nitrogen and oxygen atoms in total. The van der Waals surface area contributed by atoms with Gasteiger partial charge in [0.25, 0.3) is 0 Å². The molecule has 0 bridgehead atoms. The molecule has 0 N–H and O–H groups in total. The zero-order chi connectivity index (χ0) is 34.1. The molecule has 0 radical (unpaired) electrons. The fraction of sp³-hybridized carbons (Fsp3) is 0.333. The standard InChI is InChI=1S/C36H42F2O6S2/c1-34(2,3)41-26-23-30(42-35(4,5)6)33(31(24-26)43-36(7,8)9)45(27-16-12-10-13-17-27,28-18-14-11-15-19-28)44-46(39,40)32-21-20-25(37)22-29(32)38/h10-24H,1-9H3. The molecule has 0 amide bonds. The fourth-order valence-electron chi connectivity index (χ4n) is 4.62. The van der Waals surface area contributed by atoms with E-state index in [4.69, 9.17) is 17.8 Å². The van der Waals surface area contributed by atoms with Crippen LogP contribution in [0.1, 0.15) is 62.3 Å². The van der Waals surface area contributed by atoms with Gasteiger partial charge in [-0.15, -0.1) is 0 Å². The summed E-state index contributed by atoms with van der Waals surface area (Å²) in [4.78, 5) is 0.424. The van der Waals surface area contributed by atoms with Gasteiger partial charge in [0.15, 0.2) is 0 Å². The first-order chi connectivity index (χ1) is 21.2. The fourth-order valence-corrected chi connectivity index (χ4v) is 10.0. The maximum absolute atomic E-state index is 15.2. The van der Waals surface area contributed by atoms with Gasteiger partial charge in [0.2, 0.25) is 0 Å². The highest BCUT2D eigenvalue weighted by molar-refractivity contribution is 8.33. The Kier molecular flexibility index (Phi) is 9.88. The van der Waals surface area contributed by atoms with Crippen molar-refractivity contribution in [2.45, 2.75) is 98.7 Å². The van der Waals surface area contributed by atoms with Gasteiger partial charge in [0, 0.05) is 28.0 Å². The zero-order valence-electron chi connectivity index (χ0n) is 27.7. The van der Waals surface area contributed by atoms with Crippen LogP contribution in [0.25, 0.3) is 0 Å². The number of benzene rings is 4. The summed E-state index contributed by atoms with van der Waals surface area (Å²) in [5.41, 5.74) is -2.13. The molecule has 0 spiro atoms. The quantitative estimate of drug-likeness (QED) is 0.176. The first kappa shape index (κ1) is 35.3. The highest BCUT2D eigenvalue weighted by Gasteiger charge is 2.45. The molecule has 46 heavy (non-hydrogen) atoms. The molecular weight excluding hydrogens is 631 g/mol. The molecule has 0 aliphatic rings. The Morgan fingerprint density at radius 3 is 1.39 bits per heavy atom. The summed E-state index contributed by atoms with van der Waals surface area (Å²) >= 11 is 0. The van der Waals surface area contributed by atoms with Gasteiger partial charge < -0.3 is 14.2 Å². The van der Waals surface area contributed by atoms with Gasteiger partial charge in [-0.3, -0.25) is 0 Å². The Morgan fingerprint density at radius 2 is 1.00 bits per heavy atom. The van der Waals surface area contributed by atoms with Crippen molar-refractivity contribution in [1.82, 2.24) is 0 Å². The second kappa shape index (κ2) is 12.9. The van der Waals surface area contributed by atoms with Crippen LogP contribution in [-0.4, -0.2) is 25.2 Å². The second-order valence-corrected chi connectivity index (χ2v) is 18.0. The van der Waals surface area contributed by atoms with E-state index in [0.717, 1.165) is 12.1 Å². The first-order valence-corrected chi connectivity index (χ1v) is 17.8. The summed E-state index contributed by atoms with van der Waals surface area (Å²) in [6.45, 7) is 16.9. The van der Waals surface area contributed by atoms with Gasteiger partial charge in [0.05, 0.1) is 0 Å². The van der Waals surface area contributed by atoms with E-state index >= 15 is 4.39 Å². The summed E-state index contributed by atoms with van der Waals surface area (Å²) in [7, 11) is -8.30. The van der Waals surface area contributed by atoms with E-state index in [0.29, 0.717) is 26.5 Å². The van der Waals surface area contributed by atoms with E-state index in [-0.39, 0.29) is 11.5 Å². The molecule has 0 fully saturated rings. The number of hydrogen-bond donors (Lipinski definition) is 0. The third kappa shape index (κ3) is 8.40. The maximum atomic E-state index is 15.2. The average molecular weight is 673 g/mol. The van der Waals surface area contributed by atoms with Crippen LogP contribution in [0.3, 0.4) is 0 Å². The lowest BCUT2D eigenvalue weighted by Gasteiger charge is -2.42. The van der Waals surface area contributed by atoms with Crippen LogP contribution in [0.2, 0.25) is 0 Å². The van der Waals surface area contributed by atoms with Crippen molar-refractivity contribution >= 4 is 20.4 Å². The van der Waals surface area contributed by atoms with Crippen molar-refractivity contribution in [2.75, 3.05) is 0 Å². The Hall–Kier alpha value is -3.60. The van der Waals surface area contributed by atoms with E-state index in [1.165, 1.54) is 0 Å². The van der Waals surface area contributed by atoms with Gasteiger partial charge in [-0.25, -0.2) is 12.4 Å². The van der Waals surface area contributed by atoms with Crippen molar-refractivity contribution in [2.24, 2.45) is 0 Å². The molecule has 0 heterocycles. The van der Waals surface area contributed by atoms with E-state index in [1.807, 2.05) is 62.3 Å². The molecular formula is C36H42F2O6S2. The monoisotopic (exact) mass is 672 g/mol. The molecule has 4 rings (SSSR count). The molecule has 248 valence electrons. The molecule has 0 aliphatic carbocycles. The minimum atomic E-state index is -4.92. The SMILES string of the molecule is CC(C)(C)Oc1cc(OC(C)(C)C)c(S(OS(=O)(=O)c2ccc(F)cc2F)(c2ccccc2)c2ccccc2)c(OC(C)(C)C)c1. The van der Waals surface area contributed by atoms with Crippen molar-refractivity contribution in [3.8, 4) is 17.2 Å². The van der Waals surface area contributed by atoms with E-state index in [1.54, 1.807) is 72.8 Å². The first-order valence-electron chi connectivity index (χ1n) is 14.8. The minimum Gasteiger partial charge on any atom is -0.488 e. The van der Waals surface area contributed by atoms with Gasteiger partial charge >= 0.3 is 10.1 Å². The minimum absolute atomic E-state index is 0.256. The molecule has 0 aliphatic heterocycles. The highest BCUT2D eigenvalue weighted by Crippen LogP contribution is 2.75. The van der Waals surface area contributed by atoms with Crippen LogP contribution in [0, 0.1) is 11.6 Å². The lowest BCUT2D eigenvalue weighted by atomic mass is 10.1. The number of halogens is 2. The van der Waals surface area contributed by atoms with Crippen LogP contribution in [0.4, 0.5) is 8.78 Å². The maximum Gasteiger partial charge on any atom is 0.310 e. The normalized spacial score (nSPS) is 13.3. The van der Waals surface area contributed by atoms with E-state index in [9.17, 15) is 12.8 Å². The van der Waals surface area contributed by atoms with Crippen LogP contribution in [0.5, 0.6) is 17.2 Å². The summed E-state index contributed by atoms with van der Waals surface area (Å²) in [5, 5.41) is 0. The van der Waals surface area contributed by atoms with Gasteiger partial charge in [0.1, 0.15) is 55.5 Å². The highest BCUT2D eigenvalue weighted by atomic mass is 32.3. The molecule has 10 heteroatoms. The van der Waals surface area contributed by atoms with Crippen molar-refractivity contribution in [3.63, 3.8) is 0 Å². The van der Waals surface area contributed by atoms with Crippen LogP contribution in [0.15, 0.2) is 111 Å². The van der Waals surface area contributed by atoms with Crippen molar-refractivity contribution < 1.29 is 35.0 Å². The molecule has 0 aromatic heterocycles. The Morgan fingerprint density at radius 1 is 0.565 bits per heavy atom. The van der Waals surface area contributed by atoms with Crippen LogP contribution in [-0.2, 0) is 13.7 Å². The van der Waals surface area contributed by atoms with E-state index in [2.05, 4.69) is 0 Å². The number of hydrogen-bond acceptors (Lipinski definition) is 6. The lowest BCUT2D eigenvalue weighted by Crippen LogP contribution is -2.28. The third-order valence-corrected chi connectivity index (χ3v) is 11.3. The molecule has 0 unspecified atom stereocenters. The summed E-state index contributed by atoms with van der Waals surface area (Å²) in [6, 6.07) is 23.3. The summed E-state index contributed by atoms with van der Waals surface area (Å²) in [6.07, 6.45) is 0. The smallest absolute Gasteiger partial charge is 0.310 e. The molecule has 4 aromatic carbocycles. The molecule has 0 saturated carbocycles. The lowest BCUT2D eigenvalue weighted by molar-refractivity contribution is 0.105. The Labute approximate surface area is 273 Å². The molecule has 4 aromatic rings. The van der Waals surface area contributed by atoms with Crippen LogP contribution >= 0.6 is 10.3 Å². The van der Waals surface area contributed by atoms with E-state index < -0.39 is 53.8 Å². The summed E-state index contributed by atoms with van der Waals surface area (Å²) < 4.78 is 83.6. The van der Waals surface area contributed by atoms with Gasteiger partial charge in [-0.1, -0.05) is 36.4 Å².